The third-order valence-corrected chi connectivity index (χ3v) is 4.40. The van der Waals surface area contributed by atoms with Crippen LogP contribution in [-0.4, -0.2) is 121 Å². The van der Waals surface area contributed by atoms with Gasteiger partial charge >= 0.3 is 23.9 Å². The molecule has 0 amide bonds. The van der Waals surface area contributed by atoms with Gasteiger partial charge in [-0.15, -0.1) is 0 Å². The number of aliphatic hydroxyl groups is 3. The third kappa shape index (κ3) is 5.58. The van der Waals surface area contributed by atoms with E-state index in [0.717, 1.165) is 0 Å². The molecule has 13 nitrogen and oxygen atoms in total. The number of aliphatic carboxylic acids is 4. The van der Waals surface area contributed by atoms with Crippen LogP contribution in [0.15, 0.2) is 0 Å². The summed E-state index contributed by atoms with van der Waals surface area (Å²) >= 11 is 0. The second-order valence-electron chi connectivity index (χ2n) is 6.51. The average Bonchev–Trinajstić information content (AvgIpc) is 2.49. The zero-order chi connectivity index (χ0) is 21.0. The molecule has 1 saturated heterocycles. The van der Waals surface area contributed by atoms with Gasteiger partial charge in [-0.2, -0.15) is 0 Å². The number of nitrogens with zero attached hydrogens (tertiary/aromatic N) is 1. The highest BCUT2D eigenvalue weighted by Gasteiger charge is 2.55. The van der Waals surface area contributed by atoms with Crippen molar-refractivity contribution in [2.24, 2.45) is 0 Å². The van der Waals surface area contributed by atoms with Gasteiger partial charge in [0.15, 0.2) is 0 Å². The fraction of sp³-hybridized carbons (Fsp3) is 0.714. The Balaban J connectivity index is 3.34. The average molecular weight is 396 g/mol. The molecule has 0 aromatic rings. The zero-order valence-electron chi connectivity index (χ0n) is 14.1. The third-order valence-electron chi connectivity index (χ3n) is 4.40. The summed E-state index contributed by atoms with van der Waals surface area (Å²) in [6.07, 6.45) is -6.47. The molecule has 1 fully saturated rings. The number of quaternary nitrogens is 1. The van der Waals surface area contributed by atoms with Crippen molar-refractivity contribution in [3.8, 4) is 0 Å². The molecule has 0 spiro atoms. The summed E-state index contributed by atoms with van der Waals surface area (Å²) in [5.41, 5.74) is -1.89. The normalized spacial score (nSPS) is 24.7. The molecule has 154 valence electrons. The van der Waals surface area contributed by atoms with Crippen LogP contribution in [0.3, 0.4) is 0 Å². The van der Waals surface area contributed by atoms with Crippen LogP contribution in [0.4, 0.5) is 0 Å². The first kappa shape index (κ1) is 22.7. The number of aliphatic hydroxyl groups excluding tert-OH is 3. The molecule has 0 saturated carbocycles. The van der Waals surface area contributed by atoms with E-state index in [-0.39, 0.29) is 13.0 Å². The first-order valence-electron chi connectivity index (χ1n) is 7.79. The zero-order valence-corrected chi connectivity index (χ0v) is 14.1. The van der Waals surface area contributed by atoms with E-state index in [1.165, 1.54) is 0 Å². The van der Waals surface area contributed by atoms with Crippen LogP contribution >= 0.6 is 0 Å². The van der Waals surface area contributed by atoms with Gasteiger partial charge in [0.25, 0.3) is 0 Å². The monoisotopic (exact) mass is 396 g/mol. The number of hydrogen-bond donors (Lipinski definition) is 7. The largest absolute Gasteiger partial charge is 0.479 e. The van der Waals surface area contributed by atoms with Crippen molar-refractivity contribution < 1.29 is 64.1 Å². The van der Waals surface area contributed by atoms with Crippen LogP contribution in [0.2, 0.25) is 0 Å². The summed E-state index contributed by atoms with van der Waals surface area (Å²) in [4.78, 5) is 44.7. The predicted molar refractivity (Wildman–Crippen MR) is 81.6 cm³/mol. The Labute approximate surface area is 152 Å². The molecule has 1 aliphatic rings. The van der Waals surface area contributed by atoms with Crippen molar-refractivity contribution in [1.29, 1.82) is 0 Å². The molecule has 1 heterocycles. The quantitative estimate of drug-likeness (QED) is 0.159. The Morgan fingerprint density at radius 1 is 0.815 bits per heavy atom. The van der Waals surface area contributed by atoms with E-state index >= 15 is 0 Å². The van der Waals surface area contributed by atoms with Gasteiger partial charge in [0.2, 0.25) is 23.9 Å². The van der Waals surface area contributed by atoms with Crippen molar-refractivity contribution in [1.82, 2.24) is 0 Å². The smallest absolute Gasteiger partial charge is 0.342 e. The Morgan fingerprint density at radius 2 is 1.15 bits per heavy atom. The van der Waals surface area contributed by atoms with Crippen molar-refractivity contribution >= 4 is 23.9 Å². The fourth-order valence-electron chi connectivity index (χ4n) is 3.00. The van der Waals surface area contributed by atoms with Crippen LogP contribution in [-0.2, 0) is 23.9 Å². The summed E-state index contributed by atoms with van der Waals surface area (Å²) < 4.78 is 4.03. The highest BCUT2D eigenvalue weighted by atomic mass is 16.6. The molecule has 1 aliphatic heterocycles. The van der Waals surface area contributed by atoms with Crippen molar-refractivity contribution in [2.45, 2.75) is 30.3 Å². The maximum Gasteiger partial charge on any atom is 0.342 e. The van der Waals surface area contributed by atoms with Gasteiger partial charge in [0, 0.05) is 6.42 Å². The summed E-state index contributed by atoms with van der Waals surface area (Å²) in [7, 11) is 0. The van der Waals surface area contributed by atoms with Gasteiger partial charge in [-0.3, -0.25) is 0 Å². The first-order valence-corrected chi connectivity index (χ1v) is 7.79. The van der Waals surface area contributed by atoms with E-state index in [4.69, 9.17) is 20.1 Å². The minimum atomic E-state index is -2.14. The lowest BCUT2D eigenvalue weighted by molar-refractivity contribution is -0.939. The molecule has 0 radical (unpaired) electrons. The second kappa shape index (κ2) is 8.58. The Hall–Kier alpha value is -2.32. The van der Waals surface area contributed by atoms with E-state index in [2.05, 4.69) is 0 Å². The van der Waals surface area contributed by atoms with Crippen LogP contribution in [0.25, 0.3) is 0 Å². The maximum atomic E-state index is 11.6. The minimum Gasteiger partial charge on any atom is -0.479 e. The number of carboxylic acids is 4. The minimum absolute atomic E-state index is 0.0384. The molecular weight excluding hydrogens is 374 g/mol. The van der Waals surface area contributed by atoms with E-state index < -0.39 is 78.5 Å². The Bertz CT molecular complexity index is 546. The lowest BCUT2D eigenvalue weighted by atomic mass is 9.91. The molecule has 1 rings (SSSR count). The number of rotatable bonds is 12. The first-order chi connectivity index (χ1) is 12.3. The van der Waals surface area contributed by atoms with Crippen LogP contribution < -0.4 is 0 Å². The summed E-state index contributed by atoms with van der Waals surface area (Å²) in [6, 6.07) is 0. The highest BCUT2D eigenvalue weighted by Crippen LogP contribution is 2.31. The van der Waals surface area contributed by atoms with Gasteiger partial charge in [0.05, 0.1) is 6.61 Å². The predicted octanol–water partition coefficient (Wildman–Crippen LogP) is -3.62. The van der Waals surface area contributed by atoms with E-state index in [1.807, 2.05) is 0 Å². The Kier molecular flexibility index (Phi) is 7.22. The number of ether oxygens (including phenoxy) is 1. The highest BCUT2D eigenvalue weighted by molar-refractivity contribution is 5.78. The summed E-state index contributed by atoms with van der Waals surface area (Å²) in [6.45, 7) is -3.20. The van der Waals surface area contributed by atoms with Crippen LogP contribution in [0.5, 0.6) is 0 Å². The fourth-order valence-corrected chi connectivity index (χ4v) is 3.00. The number of carboxylic acid groups (broad SMARTS) is 4. The topological polar surface area (TPSA) is 219 Å². The number of hydrogen-bond acceptors (Lipinski definition) is 8. The lowest BCUT2D eigenvalue weighted by Crippen LogP contribution is -2.69. The SMILES string of the molecule is O=C(O)C(O)C[N+](CC(O)C(=O)O)(CC(O)C(=O)O)CC1(C(=O)O)CCO1. The molecule has 7 N–H and O–H groups in total. The lowest BCUT2D eigenvalue weighted by Gasteiger charge is -2.48. The molecule has 27 heavy (non-hydrogen) atoms. The standard InChI is InChI=1S/C14H21NO12/c16-7(10(19)20)3-15(4-8(17)11(21)22,5-9(18)12(23)24)6-14(13(25)26)1-2-27-14/h7-9,16-18H,1-6H2,(H3-,19,20,21,22,23,24,25,26)/p+1. The molecule has 0 aliphatic carbocycles. The summed E-state index contributed by atoms with van der Waals surface area (Å²) in [5, 5.41) is 65.4. The van der Waals surface area contributed by atoms with Gasteiger partial charge < -0.3 is 45.0 Å². The van der Waals surface area contributed by atoms with E-state index in [0.29, 0.717) is 0 Å². The van der Waals surface area contributed by atoms with Gasteiger partial charge in [-0.25, -0.2) is 19.2 Å². The van der Waals surface area contributed by atoms with Crippen molar-refractivity contribution in [3.63, 3.8) is 0 Å². The van der Waals surface area contributed by atoms with Gasteiger partial charge in [-0.1, -0.05) is 0 Å². The molecule has 4 atom stereocenters. The molecular formula is C14H22NO12+. The molecule has 0 aromatic heterocycles. The van der Waals surface area contributed by atoms with Crippen LogP contribution in [0.1, 0.15) is 6.42 Å². The molecule has 13 heteroatoms. The molecule has 0 bridgehead atoms. The summed E-state index contributed by atoms with van der Waals surface area (Å²) in [5.74, 6) is -6.65. The van der Waals surface area contributed by atoms with Gasteiger partial charge in [-0.05, 0) is 0 Å². The van der Waals surface area contributed by atoms with Crippen LogP contribution in [0, 0.1) is 0 Å². The van der Waals surface area contributed by atoms with E-state index in [1.54, 1.807) is 0 Å². The Morgan fingerprint density at radius 3 is 1.33 bits per heavy atom. The second-order valence-corrected chi connectivity index (χ2v) is 6.51. The number of carbonyl (C=O) groups is 4. The molecule has 4 unspecified atom stereocenters. The van der Waals surface area contributed by atoms with Gasteiger partial charge in [0.1, 0.15) is 26.2 Å². The van der Waals surface area contributed by atoms with E-state index in [9.17, 15) is 39.6 Å². The van der Waals surface area contributed by atoms with Crippen molar-refractivity contribution in [3.05, 3.63) is 0 Å². The maximum absolute atomic E-state index is 11.6. The molecule has 0 aromatic carbocycles. The van der Waals surface area contributed by atoms with Crippen molar-refractivity contribution in [2.75, 3.05) is 32.8 Å².